The van der Waals surface area contributed by atoms with E-state index in [-0.39, 0.29) is 0 Å². The first-order valence-electron chi connectivity index (χ1n) is 30.1. The van der Waals surface area contributed by atoms with Crippen LogP contribution in [-0.2, 0) is 0 Å². The van der Waals surface area contributed by atoms with Crippen molar-refractivity contribution in [1.29, 1.82) is 0 Å². The summed E-state index contributed by atoms with van der Waals surface area (Å²) in [6.45, 7) is 9.33. The molecule has 0 nitrogen and oxygen atoms in total. The predicted molar refractivity (Wildman–Crippen MR) is 295 cm³/mol. The summed E-state index contributed by atoms with van der Waals surface area (Å²) < 4.78 is 0. The summed E-state index contributed by atoms with van der Waals surface area (Å²) in [5, 5.41) is 1.79. The van der Waals surface area contributed by atoms with Crippen LogP contribution in [0.4, 0.5) is 0 Å². The van der Waals surface area contributed by atoms with Crippen LogP contribution in [0.25, 0.3) is 0 Å². The molecule has 0 bridgehead atoms. The minimum absolute atomic E-state index is 0.896. The highest BCUT2D eigenvalue weighted by Crippen LogP contribution is 2.40. The highest BCUT2D eigenvalue weighted by molar-refractivity contribution is 8.77. The lowest BCUT2D eigenvalue weighted by Gasteiger charge is -2.21. The minimum atomic E-state index is 0.896. The van der Waals surface area contributed by atoms with Crippen molar-refractivity contribution in [1.82, 2.24) is 0 Å². The summed E-state index contributed by atoms with van der Waals surface area (Å²) in [4.78, 5) is 0. The molecule has 0 aromatic heterocycles. The second-order valence-corrected chi connectivity index (χ2v) is 23.7. The fourth-order valence-corrected chi connectivity index (χ4v) is 13.3. The maximum Gasteiger partial charge on any atom is 0.0151 e. The molecule has 0 spiro atoms. The third kappa shape index (κ3) is 53.3. The standard InChI is InChI=1S/C60H122S2/c1-5-9-13-17-21-25-29-31-33-35-37-41-45-49-53-57-59(55-51-47-43-39-27-23-19-15-11-7-3)61-62-60(56-52-48-44-40-28-24-20-16-12-8-4)58-54-50-46-42-38-36-34-32-30-26-22-18-14-10-6-2/h59-60H,5-58H2,1-4H3. The van der Waals surface area contributed by atoms with E-state index in [0.29, 0.717) is 0 Å². The van der Waals surface area contributed by atoms with E-state index in [0.717, 1.165) is 10.5 Å². The van der Waals surface area contributed by atoms with Crippen molar-refractivity contribution in [3.63, 3.8) is 0 Å². The Bertz CT molecular complexity index is 689. The molecule has 0 aliphatic carbocycles. The summed E-state index contributed by atoms with van der Waals surface area (Å²) in [7, 11) is 4.76. The first-order chi connectivity index (χ1) is 30.8. The molecule has 0 aliphatic heterocycles. The zero-order valence-corrected chi connectivity index (χ0v) is 45.8. The van der Waals surface area contributed by atoms with Crippen LogP contribution in [-0.4, -0.2) is 10.5 Å². The second kappa shape index (κ2) is 57.8. The van der Waals surface area contributed by atoms with Gasteiger partial charge in [-0.2, -0.15) is 0 Å². The van der Waals surface area contributed by atoms with Gasteiger partial charge in [0.15, 0.2) is 0 Å². The lowest BCUT2D eigenvalue weighted by Crippen LogP contribution is -2.06. The van der Waals surface area contributed by atoms with E-state index < -0.39 is 0 Å². The molecule has 62 heavy (non-hydrogen) atoms. The largest absolute Gasteiger partial charge is 0.0904 e. The Morgan fingerprint density at radius 3 is 0.403 bits per heavy atom. The van der Waals surface area contributed by atoms with Gasteiger partial charge in [0.1, 0.15) is 0 Å². The number of hydrogen-bond donors (Lipinski definition) is 0. The van der Waals surface area contributed by atoms with Gasteiger partial charge >= 0.3 is 0 Å². The van der Waals surface area contributed by atoms with Crippen molar-refractivity contribution in [2.24, 2.45) is 0 Å². The molecule has 2 unspecified atom stereocenters. The summed E-state index contributed by atoms with van der Waals surface area (Å²) in [5.74, 6) is 0. The molecule has 0 saturated carbocycles. The molecule has 0 aromatic carbocycles. The average molecular weight is 908 g/mol. The first-order valence-corrected chi connectivity index (χ1v) is 32.4. The smallest absolute Gasteiger partial charge is 0.0151 e. The molecule has 2 heteroatoms. The topological polar surface area (TPSA) is 0 Å². The van der Waals surface area contributed by atoms with Gasteiger partial charge in [0.25, 0.3) is 0 Å². The summed E-state index contributed by atoms with van der Waals surface area (Å²) in [6, 6.07) is 0. The second-order valence-electron chi connectivity index (χ2n) is 20.9. The van der Waals surface area contributed by atoms with Crippen LogP contribution in [0.3, 0.4) is 0 Å². The Morgan fingerprint density at radius 1 is 0.161 bits per heavy atom. The fourth-order valence-electron chi connectivity index (χ4n) is 9.84. The van der Waals surface area contributed by atoms with Crippen LogP contribution in [0, 0.1) is 0 Å². The van der Waals surface area contributed by atoms with E-state index in [1.54, 1.807) is 0 Å². The van der Waals surface area contributed by atoms with Crippen LogP contribution >= 0.6 is 21.6 Å². The fraction of sp³-hybridized carbons (Fsp3) is 1.00. The van der Waals surface area contributed by atoms with Crippen molar-refractivity contribution in [2.45, 2.75) is 385 Å². The molecule has 0 N–H and O–H groups in total. The molecule has 0 rings (SSSR count). The molecule has 2 atom stereocenters. The number of unbranched alkanes of at least 4 members (excludes halogenated alkanes) is 46. The van der Waals surface area contributed by atoms with Crippen LogP contribution in [0.2, 0.25) is 0 Å². The third-order valence-corrected chi connectivity index (χ3v) is 17.9. The normalized spacial score (nSPS) is 12.8. The van der Waals surface area contributed by atoms with E-state index >= 15 is 0 Å². The molecule has 0 radical (unpaired) electrons. The van der Waals surface area contributed by atoms with Crippen molar-refractivity contribution in [2.75, 3.05) is 0 Å². The van der Waals surface area contributed by atoms with Gasteiger partial charge < -0.3 is 0 Å². The van der Waals surface area contributed by atoms with Crippen LogP contribution < -0.4 is 0 Å². The van der Waals surface area contributed by atoms with Gasteiger partial charge in [0.2, 0.25) is 0 Å². The number of hydrogen-bond acceptors (Lipinski definition) is 2. The quantitative estimate of drug-likeness (QED) is 0.0441. The van der Waals surface area contributed by atoms with Gasteiger partial charge in [-0.15, -0.1) is 0 Å². The van der Waals surface area contributed by atoms with Gasteiger partial charge in [0, 0.05) is 10.5 Å². The molecule has 0 amide bonds. The molecular formula is C60H122S2. The summed E-state index contributed by atoms with van der Waals surface area (Å²) >= 11 is 0. The maximum absolute atomic E-state index is 2.38. The van der Waals surface area contributed by atoms with E-state index in [1.807, 2.05) is 0 Å². The van der Waals surface area contributed by atoms with E-state index in [9.17, 15) is 0 Å². The van der Waals surface area contributed by atoms with E-state index in [1.165, 1.54) is 347 Å². The zero-order chi connectivity index (χ0) is 44.8. The van der Waals surface area contributed by atoms with Gasteiger partial charge in [-0.1, -0.05) is 370 Å². The first kappa shape index (κ1) is 62.7. The molecule has 0 fully saturated rings. The summed E-state index contributed by atoms with van der Waals surface area (Å²) in [5.41, 5.74) is 0. The van der Waals surface area contributed by atoms with Gasteiger partial charge in [0.05, 0.1) is 0 Å². The summed E-state index contributed by atoms with van der Waals surface area (Å²) in [6.07, 6.45) is 79.5. The van der Waals surface area contributed by atoms with Crippen molar-refractivity contribution in [3.8, 4) is 0 Å². The highest BCUT2D eigenvalue weighted by atomic mass is 33.1. The number of rotatable bonds is 57. The van der Waals surface area contributed by atoms with Crippen LogP contribution in [0.1, 0.15) is 374 Å². The van der Waals surface area contributed by atoms with Gasteiger partial charge in [-0.25, -0.2) is 0 Å². The van der Waals surface area contributed by atoms with Crippen LogP contribution in [0.15, 0.2) is 0 Å². The maximum atomic E-state index is 2.38. The molecule has 0 saturated heterocycles. The lowest BCUT2D eigenvalue weighted by molar-refractivity contribution is 0.518. The van der Waals surface area contributed by atoms with Gasteiger partial charge in [-0.05, 0) is 25.7 Å². The molecule has 0 aromatic rings. The Hall–Kier alpha value is 0.700. The monoisotopic (exact) mass is 907 g/mol. The predicted octanol–water partition coefficient (Wildman–Crippen LogP) is 24.3. The molecule has 0 heterocycles. The Morgan fingerprint density at radius 2 is 0.274 bits per heavy atom. The third-order valence-electron chi connectivity index (χ3n) is 14.3. The Labute approximate surface area is 404 Å². The van der Waals surface area contributed by atoms with E-state index in [4.69, 9.17) is 0 Å². The zero-order valence-electron chi connectivity index (χ0n) is 44.2. The van der Waals surface area contributed by atoms with Crippen molar-refractivity contribution < 1.29 is 0 Å². The van der Waals surface area contributed by atoms with Crippen LogP contribution in [0.5, 0.6) is 0 Å². The molecular weight excluding hydrogens is 785 g/mol. The lowest BCUT2D eigenvalue weighted by atomic mass is 10.0. The van der Waals surface area contributed by atoms with Crippen molar-refractivity contribution >= 4 is 21.6 Å². The Balaban J connectivity index is 4.69. The van der Waals surface area contributed by atoms with E-state index in [2.05, 4.69) is 49.3 Å². The SMILES string of the molecule is CCCCCCCCCCCCCCCCCC(CCCCCCCCCCCC)SSC(CCCCCCCCCCCC)CCCCCCCCCCCCCCCCC. The molecule has 374 valence electrons. The van der Waals surface area contributed by atoms with Crippen molar-refractivity contribution in [3.05, 3.63) is 0 Å². The Kier molecular flexibility index (Phi) is 58.5. The molecule has 0 aliphatic rings. The minimum Gasteiger partial charge on any atom is -0.0904 e. The highest BCUT2D eigenvalue weighted by Gasteiger charge is 2.16. The van der Waals surface area contributed by atoms with Gasteiger partial charge in [-0.3, -0.25) is 0 Å². The average Bonchev–Trinajstić information content (AvgIpc) is 3.28.